The van der Waals surface area contributed by atoms with Crippen LogP contribution in [0.3, 0.4) is 0 Å². The highest BCUT2D eigenvalue weighted by Gasteiger charge is 2.37. The molecule has 1 heterocycles. The molecular weight excluding hydrogens is 857 g/mol. The summed E-state index contributed by atoms with van der Waals surface area (Å²) in [6.07, 6.45) is 0. The predicted octanol–water partition coefficient (Wildman–Crippen LogP) is 18.2. The average Bonchev–Trinajstić information content (AvgIpc) is 3.95. The number of aromatic nitrogens is 1. The zero-order chi connectivity index (χ0) is 47.8. The molecule has 12 aromatic rings. The number of benzene rings is 11. The van der Waals surface area contributed by atoms with Crippen LogP contribution in [0.4, 0.5) is 0 Å². The molecule has 2 nitrogen and oxygen atoms in total. The largest absolute Gasteiger partial charge is 0.309 e. The molecule has 0 amide bonds. The van der Waals surface area contributed by atoms with Crippen LogP contribution in [0.5, 0.6) is 0 Å². The van der Waals surface area contributed by atoms with E-state index in [1.165, 1.54) is 99.4 Å². The van der Waals surface area contributed by atoms with Crippen LogP contribution in [0.1, 0.15) is 55.5 Å². The van der Waals surface area contributed by atoms with Gasteiger partial charge in [-0.2, -0.15) is 5.26 Å². The van der Waals surface area contributed by atoms with E-state index in [0.29, 0.717) is 5.56 Å². The van der Waals surface area contributed by atoms with Crippen LogP contribution >= 0.6 is 0 Å². The highest BCUT2D eigenvalue weighted by atomic mass is 15.0. The quantitative estimate of drug-likeness (QED) is 0.158. The van der Waals surface area contributed by atoms with Crippen molar-refractivity contribution in [1.29, 1.82) is 5.26 Å². The van der Waals surface area contributed by atoms with Crippen molar-refractivity contribution in [2.24, 2.45) is 0 Å². The van der Waals surface area contributed by atoms with Gasteiger partial charge in [0.15, 0.2) is 0 Å². The van der Waals surface area contributed by atoms with Crippen LogP contribution in [-0.4, -0.2) is 4.57 Å². The summed E-state index contributed by atoms with van der Waals surface area (Å²) in [6.45, 7) is 9.51. The molecule has 0 spiro atoms. The first kappa shape index (κ1) is 41.2. The van der Waals surface area contributed by atoms with E-state index in [-0.39, 0.29) is 10.8 Å². The third-order valence-corrected chi connectivity index (χ3v) is 16.2. The second-order valence-corrected chi connectivity index (χ2v) is 20.7. The highest BCUT2D eigenvalue weighted by Crippen LogP contribution is 2.54. The Morgan fingerprint density at radius 3 is 1.32 bits per heavy atom. The fraction of sp³-hybridized carbons (Fsp3) is 0.0870. The van der Waals surface area contributed by atoms with Gasteiger partial charge in [-0.05, 0) is 159 Å². The summed E-state index contributed by atoms with van der Waals surface area (Å²) in [6, 6.07) is 83.2. The van der Waals surface area contributed by atoms with Gasteiger partial charge in [0.25, 0.3) is 0 Å². The van der Waals surface area contributed by atoms with E-state index < -0.39 is 0 Å². The van der Waals surface area contributed by atoms with Crippen LogP contribution in [0, 0.1) is 11.3 Å². The molecule has 0 aliphatic heterocycles. The number of fused-ring (bicyclic) bond motifs is 11. The molecule has 11 aromatic carbocycles. The minimum atomic E-state index is -0.126. The lowest BCUT2D eigenvalue weighted by Gasteiger charge is -2.24. The molecule has 0 fully saturated rings. The third-order valence-electron chi connectivity index (χ3n) is 16.2. The number of hydrogen-bond acceptors (Lipinski definition) is 1. The summed E-state index contributed by atoms with van der Waals surface area (Å²) in [5.74, 6) is 0. The second kappa shape index (κ2) is 15.1. The van der Waals surface area contributed by atoms with Crippen molar-refractivity contribution in [1.82, 2.24) is 4.57 Å². The van der Waals surface area contributed by atoms with Crippen LogP contribution < -0.4 is 0 Å². The highest BCUT2D eigenvalue weighted by molar-refractivity contribution is 6.22. The Bertz CT molecular complexity index is 4270. The van der Waals surface area contributed by atoms with Crippen LogP contribution in [0.15, 0.2) is 218 Å². The van der Waals surface area contributed by atoms with Crippen molar-refractivity contribution in [2.75, 3.05) is 0 Å². The lowest BCUT2D eigenvalue weighted by Crippen LogP contribution is -2.15. The first-order chi connectivity index (χ1) is 34.7. The van der Waals surface area contributed by atoms with Gasteiger partial charge in [-0.25, -0.2) is 0 Å². The molecule has 2 aliphatic carbocycles. The van der Waals surface area contributed by atoms with Gasteiger partial charge in [-0.1, -0.05) is 198 Å². The SMILES string of the molecule is CC1(C)c2ccccc2-c2ccc(-c3c4ccccc4c(-c4ccc5c(c4)C(C)(C)c4ccccc4-5)c4cc(-c5ccc(-c6ccc7c8ccc(C#N)cc8n(-c8ccccc8)c7c6)cc5)ccc34)cc21. The lowest BCUT2D eigenvalue weighted by molar-refractivity contribution is 0.660. The molecule has 0 bridgehead atoms. The topological polar surface area (TPSA) is 28.7 Å². The maximum atomic E-state index is 9.84. The van der Waals surface area contributed by atoms with E-state index in [1.807, 2.05) is 18.2 Å². The Hall–Kier alpha value is -8.77. The summed E-state index contributed by atoms with van der Waals surface area (Å²) in [5, 5.41) is 17.1. The summed E-state index contributed by atoms with van der Waals surface area (Å²) >= 11 is 0. The standard InChI is InChI=1S/C69H48N2/c1-68(2)60-20-12-10-16-50(60)52-32-29-47(38-62(52)68)66-56-18-8-9-19-57(56)67(48-30-33-53-51-17-11-13-21-61(51)69(3,4)63(53)39-48)59-37-45(28-35-58(59)66)43-23-25-44(26-24-43)46-27-34-55-54-31-22-42(41-70)36-64(54)71(65(55)40-46)49-14-6-5-7-15-49/h5-40H,1-4H3. The summed E-state index contributed by atoms with van der Waals surface area (Å²) < 4.78 is 2.29. The van der Waals surface area contributed by atoms with Crippen LogP contribution in [0.2, 0.25) is 0 Å². The Labute approximate surface area is 414 Å². The molecule has 2 aliphatic rings. The molecule has 0 unspecified atom stereocenters. The Morgan fingerprint density at radius 1 is 0.324 bits per heavy atom. The van der Waals surface area contributed by atoms with Crippen molar-refractivity contribution < 1.29 is 0 Å². The van der Waals surface area contributed by atoms with E-state index in [9.17, 15) is 5.26 Å². The maximum absolute atomic E-state index is 9.84. The van der Waals surface area contributed by atoms with Gasteiger partial charge in [0.05, 0.1) is 22.7 Å². The second-order valence-electron chi connectivity index (χ2n) is 20.7. The predicted molar refractivity (Wildman–Crippen MR) is 297 cm³/mol. The number of nitriles is 1. The Kier molecular flexibility index (Phi) is 8.78. The van der Waals surface area contributed by atoms with Gasteiger partial charge in [0, 0.05) is 27.3 Å². The van der Waals surface area contributed by atoms with Gasteiger partial charge in [0.1, 0.15) is 0 Å². The molecule has 14 rings (SSSR count). The normalized spacial score (nSPS) is 13.8. The Balaban J connectivity index is 0.948. The summed E-state index contributed by atoms with van der Waals surface area (Å²) in [4.78, 5) is 0. The van der Waals surface area contributed by atoms with Crippen molar-refractivity contribution in [3.8, 4) is 78.5 Å². The lowest BCUT2D eigenvalue weighted by atomic mass is 9.79. The minimum Gasteiger partial charge on any atom is -0.309 e. The van der Waals surface area contributed by atoms with Crippen LogP contribution in [0.25, 0.3) is 116 Å². The van der Waals surface area contributed by atoms with E-state index in [1.54, 1.807) is 0 Å². The number of para-hydroxylation sites is 1. The number of rotatable bonds is 5. The van der Waals surface area contributed by atoms with Crippen LogP contribution in [-0.2, 0) is 10.8 Å². The molecule has 0 N–H and O–H groups in total. The smallest absolute Gasteiger partial charge is 0.0992 e. The fourth-order valence-electron chi connectivity index (χ4n) is 12.7. The minimum absolute atomic E-state index is 0.115. The van der Waals surface area contributed by atoms with Gasteiger partial charge in [-0.15, -0.1) is 0 Å². The maximum Gasteiger partial charge on any atom is 0.0992 e. The first-order valence-corrected chi connectivity index (χ1v) is 24.8. The molecule has 0 saturated heterocycles. The monoisotopic (exact) mass is 904 g/mol. The van der Waals surface area contributed by atoms with Crippen molar-refractivity contribution in [3.05, 3.63) is 246 Å². The molecule has 71 heavy (non-hydrogen) atoms. The molecule has 2 heteroatoms. The molecule has 0 saturated carbocycles. The molecular formula is C69H48N2. The molecule has 1 aromatic heterocycles. The van der Waals surface area contributed by atoms with Gasteiger partial charge in [0.2, 0.25) is 0 Å². The molecule has 334 valence electrons. The molecule has 0 atom stereocenters. The summed E-state index contributed by atoms with van der Waals surface area (Å²) in [5.41, 5.74) is 24.2. The van der Waals surface area contributed by atoms with Gasteiger partial charge >= 0.3 is 0 Å². The zero-order valence-corrected chi connectivity index (χ0v) is 40.2. The fourth-order valence-corrected chi connectivity index (χ4v) is 12.7. The number of hydrogen-bond donors (Lipinski definition) is 0. The van der Waals surface area contributed by atoms with Gasteiger partial charge in [-0.3, -0.25) is 0 Å². The third kappa shape index (κ3) is 6.00. The van der Waals surface area contributed by atoms with E-state index in [0.717, 1.165) is 38.6 Å². The number of nitrogens with zero attached hydrogens (tertiary/aromatic N) is 2. The van der Waals surface area contributed by atoms with E-state index in [4.69, 9.17) is 0 Å². The molecule has 0 radical (unpaired) electrons. The Morgan fingerprint density at radius 2 is 0.746 bits per heavy atom. The van der Waals surface area contributed by atoms with E-state index >= 15 is 0 Å². The van der Waals surface area contributed by atoms with E-state index in [2.05, 4.69) is 239 Å². The van der Waals surface area contributed by atoms with Crippen molar-refractivity contribution in [3.63, 3.8) is 0 Å². The van der Waals surface area contributed by atoms with Gasteiger partial charge < -0.3 is 4.57 Å². The summed E-state index contributed by atoms with van der Waals surface area (Å²) in [7, 11) is 0. The first-order valence-electron chi connectivity index (χ1n) is 24.8. The average molecular weight is 905 g/mol. The van der Waals surface area contributed by atoms with Crippen molar-refractivity contribution >= 4 is 43.4 Å². The van der Waals surface area contributed by atoms with Crippen molar-refractivity contribution in [2.45, 2.75) is 38.5 Å². The zero-order valence-electron chi connectivity index (χ0n) is 40.2.